The van der Waals surface area contributed by atoms with Gasteiger partial charge in [-0.1, -0.05) is 18.9 Å². The third-order valence-corrected chi connectivity index (χ3v) is 4.25. The van der Waals surface area contributed by atoms with Gasteiger partial charge in [-0.2, -0.15) is 0 Å². The van der Waals surface area contributed by atoms with E-state index in [1.165, 1.54) is 12.8 Å². The summed E-state index contributed by atoms with van der Waals surface area (Å²) in [6.45, 7) is 0. The Balaban J connectivity index is 2.41. The molecule has 5 N–H and O–H groups in total. The summed E-state index contributed by atoms with van der Waals surface area (Å²) >= 11 is 0. The molecule has 0 aromatic carbocycles. The van der Waals surface area contributed by atoms with Crippen LogP contribution in [0.15, 0.2) is 18.3 Å². The number of pyridine rings is 1. The molecule has 1 aliphatic rings. The van der Waals surface area contributed by atoms with E-state index in [2.05, 4.69) is 29.4 Å². The number of aromatic nitrogens is 1. The van der Waals surface area contributed by atoms with Gasteiger partial charge in [0.25, 0.3) is 0 Å². The van der Waals surface area contributed by atoms with Gasteiger partial charge in [0, 0.05) is 17.3 Å². The Kier molecular flexibility index (Phi) is 3.85. The van der Waals surface area contributed by atoms with Crippen molar-refractivity contribution in [1.29, 1.82) is 0 Å². The van der Waals surface area contributed by atoms with Gasteiger partial charge in [0.05, 0.1) is 6.04 Å². The van der Waals surface area contributed by atoms with E-state index in [1.807, 2.05) is 12.1 Å². The highest BCUT2D eigenvalue weighted by atomic mass is 15.3. The summed E-state index contributed by atoms with van der Waals surface area (Å²) in [7, 11) is 4.23. The van der Waals surface area contributed by atoms with Gasteiger partial charge >= 0.3 is 0 Å². The number of nitrogens with one attached hydrogen (secondary N) is 1. The average molecular weight is 249 g/mol. The van der Waals surface area contributed by atoms with Gasteiger partial charge in [-0.25, -0.2) is 4.98 Å². The second kappa shape index (κ2) is 5.22. The number of nitrogen functional groups attached to an aromatic ring is 1. The van der Waals surface area contributed by atoms with Crippen LogP contribution < -0.4 is 17.0 Å². The van der Waals surface area contributed by atoms with Crippen LogP contribution in [-0.4, -0.2) is 29.5 Å². The third kappa shape index (κ3) is 2.09. The van der Waals surface area contributed by atoms with E-state index in [-0.39, 0.29) is 11.6 Å². The minimum absolute atomic E-state index is 0.0173. The van der Waals surface area contributed by atoms with E-state index >= 15 is 0 Å². The molecule has 1 saturated carbocycles. The first kappa shape index (κ1) is 13.3. The summed E-state index contributed by atoms with van der Waals surface area (Å²) in [6, 6.07) is 3.94. The second-order valence-corrected chi connectivity index (χ2v) is 5.28. The Morgan fingerprint density at radius 1 is 1.39 bits per heavy atom. The molecule has 1 aromatic heterocycles. The Morgan fingerprint density at radius 3 is 2.56 bits per heavy atom. The fourth-order valence-electron chi connectivity index (χ4n) is 3.19. The zero-order chi connectivity index (χ0) is 13.2. The second-order valence-electron chi connectivity index (χ2n) is 5.28. The van der Waals surface area contributed by atoms with Crippen LogP contribution in [0.2, 0.25) is 0 Å². The molecule has 5 nitrogen and oxygen atoms in total. The lowest BCUT2D eigenvalue weighted by molar-refractivity contribution is 0.105. The Bertz CT molecular complexity index is 398. The van der Waals surface area contributed by atoms with Gasteiger partial charge in [-0.05, 0) is 33.0 Å². The van der Waals surface area contributed by atoms with Gasteiger partial charge in [-0.3, -0.25) is 11.3 Å². The largest absolute Gasteiger partial charge is 0.383 e. The predicted octanol–water partition coefficient (Wildman–Crippen LogP) is 1.04. The van der Waals surface area contributed by atoms with Crippen LogP contribution in [0.1, 0.15) is 37.3 Å². The van der Waals surface area contributed by atoms with Crippen LogP contribution in [0.4, 0.5) is 5.82 Å². The average Bonchev–Trinajstić information content (AvgIpc) is 2.83. The molecule has 18 heavy (non-hydrogen) atoms. The Hall–Kier alpha value is -1.17. The van der Waals surface area contributed by atoms with E-state index in [4.69, 9.17) is 11.6 Å². The molecule has 2 rings (SSSR count). The van der Waals surface area contributed by atoms with E-state index in [9.17, 15) is 0 Å². The van der Waals surface area contributed by atoms with Crippen LogP contribution in [-0.2, 0) is 0 Å². The summed E-state index contributed by atoms with van der Waals surface area (Å²) < 4.78 is 0. The monoisotopic (exact) mass is 249 g/mol. The molecule has 0 radical (unpaired) electrons. The first-order valence-electron chi connectivity index (χ1n) is 6.46. The molecule has 0 saturated heterocycles. The molecule has 1 heterocycles. The minimum atomic E-state index is 0.0173. The van der Waals surface area contributed by atoms with Gasteiger partial charge in [0.1, 0.15) is 5.82 Å². The number of likely N-dealkylation sites (N-methyl/N-ethyl adjacent to an activating group) is 1. The van der Waals surface area contributed by atoms with Crippen molar-refractivity contribution in [3.8, 4) is 0 Å². The van der Waals surface area contributed by atoms with Crippen molar-refractivity contribution in [3.05, 3.63) is 23.9 Å². The van der Waals surface area contributed by atoms with Crippen LogP contribution in [0.5, 0.6) is 0 Å². The normalized spacial score (nSPS) is 20.2. The lowest BCUT2D eigenvalue weighted by Gasteiger charge is -2.43. The highest BCUT2D eigenvalue weighted by Gasteiger charge is 2.44. The molecule has 0 amide bonds. The van der Waals surface area contributed by atoms with Crippen LogP contribution in [0.25, 0.3) is 0 Å². The molecule has 100 valence electrons. The molecule has 5 heteroatoms. The maximum absolute atomic E-state index is 6.00. The van der Waals surface area contributed by atoms with Gasteiger partial charge < -0.3 is 10.6 Å². The molecule has 1 atom stereocenters. The predicted molar refractivity (Wildman–Crippen MR) is 73.6 cm³/mol. The number of anilines is 1. The van der Waals surface area contributed by atoms with Crippen LogP contribution in [0.3, 0.4) is 0 Å². The zero-order valence-corrected chi connectivity index (χ0v) is 11.2. The van der Waals surface area contributed by atoms with Crippen molar-refractivity contribution in [2.75, 3.05) is 19.8 Å². The highest BCUT2D eigenvalue weighted by molar-refractivity contribution is 5.42. The molecular weight excluding hydrogens is 226 g/mol. The fraction of sp³-hybridized carbons (Fsp3) is 0.615. The number of hydrogen-bond acceptors (Lipinski definition) is 5. The molecule has 0 aliphatic heterocycles. The highest BCUT2D eigenvalue weighted by Crippen LogP contribution is 2.43. The standard InChI is InChI=1S/C13H23N5/c1-18(2)13(7-3-4-8-13)11(17-15)10-6-5-9-16-12(10)14/h5-6,9,11,17H,3-4,7-8,15H2,1-2H3,(H2,14,16). The smallest absolute Gasteiger partial charge is 0.128 e. The van der Waals surface area contributed by atoms with E-state index in [0.29, 0.717) is 5.82 Å². The van der Waals surface area contributed by atoms with Crippen LogP contribution >= 0.6 is 0 Å². The SMILES string of the molecule is CN(C)C1(C(NN)c2cccnc2N)CCCC1. The summed E-state index contributed by atoms with van der Waals surface area (Å²) in [5.41, 5.74) is 9.99. The van der Waals surface area contributed by atoms with Crippen molar-refractivity contribution in [3.63, 3.8) is 0 Å². The zero-order valence-electron chi connectivity index (χ0n) is 11.2. The molecule has 0 bridgehead atoms. The number of nitrogens with two attached hydrogens (primary N) is 2. The van der Waals surface area contributed by atoms with Gasteiger partial charge in [0.2, 0.25) is 0 Å². The van der Waals surface area contributed by atoms with Crippen molar-refractivity contribution in [1.82, 2.24) is 15.3 Å². The molecule has 1 aliphatic carbocycles. The number of hydrazine groups is 1. The maximum Gasteiger partial charge on any atom is 0.128 e. The first-order chi connectivity index (χ1) is 8.62. The summed E-state index contributed by atoms with van der Waals surface area (Å²) in [5.74, 6) is 6.38. The van der Waals surface area contributed by atoms with Crippen molar-refractivity contribution in [2.24, 2.45) is 5.84 Å². The first-order valence-corrected chi connectivity index (χ1v) is 6.46. The van der Waals surface area contributed by atoms with Gasteiger partial charge in [-0.15, -0.1) is 0 Å². The molecule has 0 spiro atoms. The minimum Gasteiger partial charge on any atom is -0.383 e. The van der Waals surface area contributed by atoms with Crippen molar-refractivity contribution >= 4 is 5.82 Å². The summed E-state index contributed by atoms with van der Waals surface area (Å²) in [6.07, 6.45) is 6.43. The number of nitrogens with zero attached hydrogens (tertiary/aromatic N) is 2. The van der Waals surface area contributed by atoms with E-state index < -0.39 is 0 Å². The quantitative estimate of drug-likeness (QED) is 0.549. The van der Waals surface area contributed by atoms with E-state index in [0.717, 1.165) is 18.4 Å². The van der Waals surface area contributed by atoms with Crippen LogP contribution in [0, 0.1) is 0 Å². The van der Waals surface area contributed by atoms with Crippen molar-refractivity contribution < 1.29 is 0 Å². The molecular formula is C13H23N5. The third-order valence-electron chi connectivity index (χ3n) is 4.25. The number of rotatable bonds is 4. The van der Waals surface area contributed by atoms with Crippen molar-refractivity contribution in [2.45, 2.75) is 37.3 Å². The lowest BCUT2D eigenvalue weighted by Crippen LogP contribution is -2.53. The molecule has 1 unspecified atom stereocenters. The number of hydrogen-bond donors (Lipinski definition) is 3. The molecule has 1 fully saturated rings. The van der Waals surface area contributed by atoms with E-state index in [1.54, 1.807) is 6.20 Å². The Morgan fingerprint density at radius 2 is 2.06 bits per heavy atom. The van der Waals surface area contributed by atoms with Gasteiger partial charge in [0.15, 0.2) is 0 Å². The fourth-order valence-corrected chi connectivity index (χ4v) is 3.19. The lowest BCUT2D eigenvalue weighted by atomic mass is 9.83. The Labute approximate surface area is 109 Å². The molecule has 1 aromatic rings. The topological polar surface area (TPSA) is 80.2 Å². The summed E-state index contributed by atoms with van der Waals surface area (Å²) in [5, 5.41) is 0. The maximum atomic E-state index is 6.00. The summed E-state index contributed by atoms with van der Waals surface area (Å²) in [4.78, 5) is 6.45.